The molecule has 8 heteroatoms. The summed E-state index contributed by atoms with van der Waals surface area (Å²) in [4.78, 5) is 19.8. The summed E-state index contributed by atoms with van der Waals surface area (Å²) in [6.07, 6.45) is -0.540. The van der Waals surface area contributed by atoms with Crippen molar-refractivity contribution < 1.29 is 24.1 Å². The monoisotopic (exact) mass is 344 g/mol. The van der Waals surface area contributed by atoms with Crippen molar-refractivity contribution in [2.24, 2.45) is 5.41 Å². The van der Waals surface area contributed by atoms with Crippen molar-refractivity contribution in [1.82, 2.24) is 9.97 Å². The molecule has 130 valence electrons. The van der Waals surface area contributed by atoms with E-state index in [1.165, 1.54) is 33.1 Å². The summed E-state index contributed by atoms with van der Waals surface area (Å²) in [7, 11) is 4.43. The van der Waals surface area contributed by atoms with Crippen LogP contribution < -0.4 is 9.47 Å². The van der Waals surface area contributed by atoms with E-state index in [4.69, 9.17) is 14.2 Å². The zero-order valence-electron chi connectivity index (χ0n) is 14.3. The first-order chi connectivity index (χ1) is 10.7. The molecule has 0 radical (unpaired) electrons. The van der Waals surface area contributed by atoms with E-state index in [0.29, 0.717) is 23.3 Å². The minimum atomic E-state index is -0.980. The number of methoxy groups -OCH3 is 3. The van der Waals surface area contributed by atoms with Gasteiger partial charge in [-0.2, -0.15) is 9.97 Å². The van der Waals surface area contributed by atoms with Crippen LogP contribution in [0, 0.1) is 5.41 Å². The Morgan fingerprint density at radius 2 is 1.74 bits per heavy atom. The van der Waals surface area contributed by atoms with Gasteiger partial charge in [0.2, 0.25) is 11.8 Å². The number of aliphatic carboxylic acids is 1. The van der Waals surface area contributed by atoms with Crippen LogP contribution >= 0.6 is 11.8 Å². The Morgan fingerprint density at radius 1 is 1.22 bits per heavy atom. The number of ether oxygens (including phenoxy) is 3. The first-order valence-corrected chi connectivity index (χ1v) is 7.98. The zero-order chi connectivity index (χ0) is 17.6. The van der Waals surface area contributed by atoms with Gasteiger partial charge in [0.05, 0.1) is 20.3 Å². The number of aromatic nitrogens is 2. The number of rotatable bonds is 8. The molecule has 0 aliphatic heterocycles. The lowest BCUT2D eigenvalue weighted by molar-refractivity contribution is -0.149. The maximum absolute atomic E-state index is 11.2. The van der Waals surface area contributed by atoms with Crippen molar-refractivity contribution >= 4 is 17.7 Å². The predicted octanol–water partition coefficient (Wildman–Crippen LogP) is 2.49. The van der Waals surface area contributed by atoms with Crippen LogP contribution in [-0.2, 0) is 9.53 Å². The zero-order valence-corrected chi connectivity index (χ0v) is 15.1. The normalized spacial score (nSPS) is 14.2. The lowest BCUT2D eigenvalue weighted by atomic mass is 9.88. The van der Waals surface area contributed by atoms with E-state index >= 15 is 0 Å². The number of carboxylic acids is 1. The van der Waals surface area contributed by atoms with Crippen LogP contribution in [0.25, 0.3) is 0 Å². The van der Waals surface area contributed by atoms with E-state index in [-0.39, 0.29) is 10.7 Å². The highest BCUT2D eigenvalue weighted by molar-refractivity contribution is 7.99. The quantitative estimate of drug-likeness (QED) is 0.568. The highest BCUT2D eigenvalue weighted by Gasteiger charge is 2.32. The SMILES string of the molecule is COc1cc(OC)nc(SC(CC(OC)C(=O)O)C(C)(C)C)n1. The molecule has 7 nitrogen and oxygen atoms in total. The Labute approximate surface area is 140 Å². The second-order valence-corrected chi connectivity index (χ2v) is 7.18. The fourth-order valence-electron chi connectivity index (χ4n) is 1.84. The standard InChI is InChI=1S/C15H24N2O5S/c1-15(2,3)10(7-9(20-4)13(18)19)23-14-16-11(21-5)8-12(17-14)22-6/h8-10H,7H2,1-6H3,(H,18,19). The molecule has 1 heterocycles. The third-order valence-electron chi connectivity index (χ3n) is 3.28. The summed E-state index contributed by atoms with van der Waals surface area (Å²) in [6.45, 7) is 6.12. The number of hydrogen-bond acceptors (Lipinski definition) is 7. The van der Waals surface area contributed by atoms with Gasteiger partial charge in [0.1, 0.15) is 0 Å². The maximum Gasteiger partial charge on any atom is 0.332 e. The lowest BCUT2D eigenvalue weighted by Crippen LogP contribution is -2.33. The molecule has 2 unspecified atom stereocenters. The fourth-order valence-corrected chi connectivity index (χ4v) is 3.01. The molecule has 1 N–H and O–H groups in total. The van der Waals surface area contributed by atoms with E-state index in [2.05, 4.69) is 9.97 Å². The van der Waals surface area contributed by atoms with Crippen LogP contribution in [0.5, 0.6) is 11.8 Å². The van der Waals surface area contributed by atoms with Crippen molar-refractivity contribution in [3.05, 3.63) is 6.07 Å². The van der Waals surface area contributed by atoms with Crippen LogP contribution in [0.3, 0.4) is 0 Å². The first kappa shape index (κ1) is 19.5. The summed E-state index contributed by atoms with van der Waals surface area (Å²) >= 11 is 1.39. The number of carboxylic acid groups (broad SMARTS) is 1. The smallest absolute Gasteiger partial charge is 0.332 e. The van der Waals surface area contributed by atoms with Gasteiger partial charge < -0.3 is 19.3 Å². The second-order valence-electron chi connectivity index (χ2n) is 6.01. The number of carbonyl (C=O) groups is 1. The molecule has 1 aromatic rings. The molecule has 0 bridgehead atoms. The van der Waals surface area contributed by atoms with E-state index in [1.54, 1.807) is 6.07 Å². The highest BCUT2D eigenvalue weighted by Crippen LogP contribution is 2.38. The van der Waals surface area contributed by atoms with Gasteiger partial charge in [0, 0.05) is 12.4 Å². The summed E-state index contributed by atoms with van der Waals surface area (Å²) in [6, 6.07) is 1.59. The van der Waals surface area contributed by atoms with Crippen LogP contribution in [0.2, 0.25) is 0 Å². The van der Waals surface area contributed by atoms with E-state index in [9.17, 15) is 9.90 Å². The van der Waals surface area contributed by atoms with Crippen molar-refractivity contribution in [3.63, 3.8) is 0 Å². The minimum Gasteiger partial charge on any atom is -0.481 e. The van der Waals surface area contributed by atoms with Gasteiger partial charge in [0.15, 0.2) is 11.3 Å². The summed E-state index contributed by atoms with van der Waals surface area (Å²) in [5, 5.41) is 9.62. The molecule has 0 aliphatic carbocycles. The van der Waals surface area contributed by atoms with Crippen molar-refractivity contribution in [1.29, 1.82) is 0 Å². The van der Waals surface area contributed by atoms with E-state index in [0.717, 1.165) is 0 Å². The molecule has 0 aromatic carbocycles. The Hall–Kier alpha value is -1.54. The number of thioether (sulfide) groups is 1. The third kappa shape index (κ3) is 5.87. The second kappa shape index (κ2) is 8.35. The summed E-state index contributed by atoms with van der Waals surface area (Å²) < 4.78 is 15.3. The van der Waals surface area contributed by atoms with Gasteiger partial charge >= 0.3 is 5.97 Å². The number of hydrogen-bond donors (Lipinski definition) is 1. The molecular formula is C15H24N2O5S. The molecule has 0 saturated heterocycles. The third-order valence-corrected chi connectivity index (χ3v) is 4.86. The molecule has 1 aromatic heterocycles. The highest BCUT2D eigenvalue weighted by atomic mass is 32.2. The van der Waals surface area contributed by atoms with Crippen LogP contribution in [0.4, 0.5) is 0 Å². The summed E-state index contributed by atoms with van der Waals surface area (Å²) in [5.74, 6) is -0.187. The van der Waals surface area contributed by atoms with Gasteiger partial charge in [-0.3, -0.25) is 0 Å². The Kier molecular flexibility index (Phi) is 7.08. The van der Waals surface area contributed by atoms with Crippen LogP contribution in [0.1, 0.15) is 27.2 Å². The summed E-state index contributed by atoms with van der Waals surface area (Å²) in [5.41, 5.74) is -0.170. The molecule has 0 saturated carbocycles. The number of nitrogens with zero attached hydrogens (tertiary/aromatic N) is 2. The van der Waals surface area contributed by atoms with Crippen LogP contribution in [-0.4, -0.2) is 53.7 Å². The minimum absolute atomic E-state index is 0.0691. The molecule has 0 fully saturated rings. The Bertz CT molecular complexity index is 511. The molecule has 0 aliphatic rings. The van der Waals surface area contributed by atoms with Gasteiger partial charge in [-0.05, 0) is 11.8 Å². The fraction of sp³-hybridized carbons (Fsp3) is 0.667. The Balaban J connectivity index is 3.04. The molecular weight excluding hydrogens is 320 g/mol. The van der Waals surface area contributed by atoms with Crippen molar-refractivity contribution in [3.8, 4) is 11.8 Å². The van der Waals surface area contributed by atoms with Crippen LogP contribution in [0.15, 0.2) is 11.2 Å². The van der Waals surface area contributed by atoms with Gasteiger partial charge in [-0.25, -0.2) is 4.79 Å². The molecule has 23 heavy (non-hydrogen) atoms. The van der Waals surface area contributed by atoms with Crippen molar-refractivity contribution in [2.75, 3.05) is 21.3 Å². The molecule has 0 amide bonds. The van der Waals surface area contributed by atoms with Crippen molar-refractivity contribution in [2.45, 2.75) is 43.7 Å². The maximum atomic E-state index is 11.2. The molecule has 0 spiro atoms. The average molecular weight is 344 g/mol. The Morgan fingerprint density at radius 3 is 2.09 bits per heavy atom. The molecule has 1 rings (SSSR count). The van der Waals surface area contributed by atoms with E-state index in [1.807, 2.05) is 20.8 Å². The van der Waals surface area contributed by atoms with Gasteiger partial charge in [-0.15, -0.1) is 0 Å². The topological polar surface area (TPSA) is 90.8 Å². The predicted molar refractivity (Wildman–Crippen MR) is 87.3 cm³/mol. The largest absolute Gasteiger partial charge is 0.481 e. The lowest BCUT2D eigenvalue weighted by Gasteiger charge is -2.31. The first-order valence-electron chi connectivity index (χ1n) is 7.10. The van der Waals surface area contributed by atoms with E-state index < -0.39 is 12.1 Å². The average Bonchev–Trinajstić information content (AvgIpc) is 2.49. The van der Waals surface area contributed by atoms with Gasteiger partial charge in [0.25, 0.3) is 0 Å². The molecule has 2 atom stereocenters. The van der Waals surface area contributed by atoms with Gasteiger partial charge in [-0.1, -0.05) is 32.5 Å².